The fraction of sp³-hybridized carbons (Fsp3) is 0. The maximum absolute atomic E-state index is 4.71. The molecule has 0 N–H and O–H groups in total. The molecule has 3 aromatic carbocycles. The van der Waals surface area contributed by atoms with Gasteiger partial charge in [0.1, 0.15) is 0 Å². The molecule has 0 bridgehead atoms. The maximum atomic E-state index is 4.71. The summed E-state index contributed by atoms with van der Waals surface area (Å²) in [5.74, 6) is 0. The molecule has 4 aromatic rings. The van der Waals surface area contributed by atoms with Gasteiger partial charge in [-0.2, -0.15) is 0 Å². The second-order valence-corrected chi connectivity index (χ2v) is 5.92. The van der Waals surface area contributed by atoms with Gasteiger partial charge in [0, 0.05) is 27.0 Å². The lowest BCUT2D eigenvalue weighted by molar-refractivity contribution is 1.42. The van der Waals surface area contributed by atoms with E-state index in [9.17, 15) is 0 Å². The van der Waals surface area contributed by atoms with Crippen LogP contribution in [0.1, 0.15) is 0 Å². The molecule has 2 heteroatoms. The van der Waals surface area contributed by atoms with Crippen LogP contribution in [0.25, 0.3) is 32.8 Å². The Hall–Kier alpha value is -2.19. The predicted molar refractivity (Wildman–Crippen MR) is 92.4 cm³/mol. The zero-order chi connectivity index (χ0) is 14.2. The van der Waals surface area contributed by atoms with Crippen molar-refractivity contribution in [2.75, 3.05) is 0 Å². The summed E-state index contributed by atoms with van der Waals surface area (Å²) in [7, 11) is 0. The van der Waals surface area contributed by atoms with Crippen LogP contribution in [0.15, 0.2) is 77.4 Å². The Morgan fingerprint density at radius 1 is 0.762 bits per heavy atom. The van der Waals surface area contributed by atoms with E-state index in [0.29, 0.717) is 0 Å². The van der Waals surface area contributed by atoms with Gasteiger partial charge in [-0.3, -0.25) is 4.98 Å². The fourth-order valence-electron chi connectivity index (χ4n) is 2.71. The zero-order valence-electron chi connectivity index (χ0n) is 11.3. The summed E-state index contributed by atoms with van der Waals surface area (Å²) in [6.45, 7) is 0. The molecular formula is C19H12BrN. The molecule has 0 radical (unpaired) electrons. The number of benzene rings is 3. The van der Waals surface area contributed by atoms with Crippen molar-refractivity contribution in [1.82, 2.24) is 4.98 Å². The number of aromatic nitrogens is 1. The lowest BCUT2D eigenvalue weighted by Gasteiger charge is -2.07. The normalized spacial score (nSPS) is 11.1. The molecule has 1 nitrogen and oxygen atoms in total. The van der Waals surface area contributed by atoms with Gasteiger partial charge >= 0.3 is 0 Å². The molecule has 0 unspecified atom stereocenters. The molecule has 1 aromatic heterocycles. The second kappa shape index (κ2) is 4.97. The van der Waals surface area contributed by atoms with Crippen LogP contribution in [-0.2, 0) is 0 Å². The number of halogens is 1. The second-order valence-electron chi connectivity index (χ2n) is 5.06. The Labute approximate surface area is 131 Å². The van der Waals surface area contributed by atoms with Crippen molar-refractivity contribution in [1.29, 1.82) is 0 Å². The van der Waals surface area contributed by atoms with Crippen LogP contribution in [0.5, 0.6) is 0 Å². The van der Waals surface area contributed by atoms with Gasteiger partial charge in [-0.05, 0) is 23.1 Å². The fourth-order valence-corrected chi connectivity index (χ4v) is 3.23. The maximum Gasteiger partial charge on any atom is 0.0780 e. The first-order valence-corrected chi connectivity index (χ1v) is 7.65. The third-order valence-electron chi connectivity index (χ3n) is 3.76. The Balaban J connectivity index is 1.99. The van der Waals surface area contributed by atoms with Gasteiger partial charge in [0.25, 0.3) is 0 Å². The number of rotatable bonds is 1. The molecule has 0 atom stereocenters. The van der Waals surface area contributed by atoms with Gasteiger partial charge in [0.05, 0.1) is 5.52 Å². The van der Waals surface area contributed by atoms with E-state index >= 15 is 0 Å². The summed E-state index contributed by atoms with van der Waals surface area (Å²) >= 11 is 3.61. The van der Waals surface area contributed by atoms with Gasteiger partial charge in [0.15, 0.2) is 0 Å². The highest BCUT2D eigenvalue weighted by Gasteiger charge is 2.06. The van der Waals surface area contributed by atoms with Crippen LogP contribution < -0.4 is 0 Å². The van der Waals surface area contributed by atoms with Gasteiger partial charge in [0.2, 0.25) is 0 Å². The smallest absolute Gasteiger partial charge is 0.0780 e. The molecule has 0 amide bonds. The number of hydrogen-bond acceptors (Lipinski definition) is 1. The molecule has 0 aliphatic rings. The van der Waals surface area contributed by atoms with Crippen molar-refractivity contribution in [2.24, 2.45) is 0 Å². The molecular weight excluding hydrogens is 322 g/mol. The average Bonchev–Trinajstić information content (AvgIpc) is 2.54. The molecule has 4 rings (SSSR count). The van der Waals surface area contributed by atoms with Crippen molar-refractivity contribution < 1.29 is 0 Å². The van der Waals surface area contributed by atoms with Gasteiger partial charge in [-0.25, -0.2) is 0 Å². The van der Waals surface area contributed by atoms with Crippen molar-refractivity contribution in [2.45, 2.75) is 0 Å². The highest BCUT2D eigenvalue weighted by atomic mass is 79.9. The zero-order valence-corrected chi connectivity index (χ0v) is 12.8. The topological polar surface area (TPSA) is 12.9 Å². The number of hydrogen-bond donors (Lipinski definition) is 0. The standard InChI is InChI=1S/C19H12BrN/c20-18-8-4-3-6-16(18)15-11-14-10-9-13-5-1-2-7-17(13)19(14)21-12-15/h1-12H. The molecule has 0 aliphatic carbocycles. The Bertz CT molecular complexity index is 960. The highest BCUT2D eigenvalue weighted by molar-refractivity contribution is 9.10. The molecule has 0 spiro atoms. The summed E-state index contributed by atoms with van der Waals surface area (Å²) in [6, 6.07) is 23.1. The van der Waals surface area contributed by atoms with E-state index in [1.54, 1.807) is 0 Å². The molecule has 0 aliphatic heterocycles. The third-order valence-corrected chi connectivity index (χ3v) is 4.45. The number of pyridine rings is 1. The lowest BCUT2D eigenvalue weighted by Crippen LogP contribution is -1.85. The van der Waals surface area contributed by atoms with E-state index in [0.717, 1.165) is 15.6 Å². The van der Waals surface area contributed by atoms with Crippen LogP contribution in [0.2, 0.25) is 0 Å². The van der Waals surface area contributed by atoms with E-state index in [1.165, 1.54) is 21.7 Å². The minimum atomic E-state index is 1.06. The summed E-state index contributed by atoms with van der Waals surface area (Å²) in [4.78, 5) is 4.71. The van der Waals surface area contributed by atoms with E-state index in [2.05, 4.69) is 70.5 Å². The molecule has 21 heavy (non-hydrogen) atoms. The molecule has 0 saturated heterocycles. The van der Waals surface area contributed by atoms with Crippen LogP contribution in [0.4, 0.5) is 0 Å². The molecule has 0 saturated carbocycles. The number of nitrogens with zero attached hydrogens (tertiary/aromatic N) is 1. The third kappa shape index (κ3) is 2.12. The van der Waals surface area contributed by atoms with E-state index in [-0.39, 0.29) is 0 Å². The quantitative estimate of drug-likeness (QED) is 0.400. The lowest BCUT2D eigenvalue weighted by atomic mass is 10.0. The minimum absolute atomic E-state index is 1.06. The van der Waals surface area contributed by atoms with E-state index in [4.69, 9.17) is 4.98 Å². The first-order chi connectivity index (χ1) is 10.3. The van der Waals surface area contributed by atoms with Gasteiger partial charge < -0.3 is 0 Å². The van der Waals surface area contributed by atoms with Crippen molar-refractivity contribution in [3.05, 3.63) is 77.4 Å². The largest absolute Gasteiger partial charge is 0.255 e. The predicted octanol–water partition coefficient (Wildman–Crippen LogP) is 5.82. The molecule has 100 valence electrons. The van der Waals surface area contributed by atoms with Crippen LogP contribution in [0, 0.1) is 0 Å². The van der Waals surface area contributed by atoms with Crippen LogP contribution in [-0.4, -0.2) is 4.98 Å². The molecule has 1 heterocycles. The Kier molecular flexibility index (Phi) is 2.97. The Morgan fingerprint density at radius 3 is 2.43 bits per heavy atom. The monoisotopic (exact) mass is 333 g/mol. The summed E-state index contributed by atoms with van der Waals surface area (Å²) in [5.41, 5.74) is 3.36. The van der Waals surface area contributed by atoms with Crippen molar-refractivity contribution in [3.63, 3.8) is 0 Å². The first kappa shape index (κ1) is 12.5. The average molecular weight is 334 g/mol. The summed E-state index contributed by atoms with van der Waals surface area (Å²) in [6.07, 6.45) is 1.95. The van der Waals surface area contributed by atoms with Crippen molar-refractivity contribution >= 4 is 37.6 Å². The van der Waals surface area contributed by atoms with Gasteiger partial charge in [-0.1, -0.05) is 70.5 Å². The van der Waals surface area contributed by atoms with E-state index in [1.807, 2.05) is 18.3 Å². The Morgan fingerprint density at radius 2 is 1.52 bits per heavy atom. The summed E-state index contributed by atoms with van der Waals surface area (Å²) < 4.78 is 1.09. The van der Waals surface area contributed by atoms with E-state index < -0.39 is 0 Å². The van der Waals surface area contributed by atoms with Crippen LogP contribution >= 0.6 is 15.9 Å². The first-order valence-electron chi connectivity index (χ1n) is 6.85. The highest BCUT2D eigenvalue weighted by Crippen LogP contribution is 2.31. The van der Waals surface area contributed by atoms with Crippen LogP contribution in [0.3, 0.4) is 0 Å². The molecule has 0 fully saturated rings. The number of fused-ring (bicyclic) bond motifs is 3. The van der Waals surface area contributed by atoms with Crippen molar-refractivity contribution in [3.8, 4) is 11.1 Å². The SMILES string of the molecule is Brc1ccccc1-c1cnc2c(ccc3ccccc32)c1. The summed E-state index contributed by atoms with van der Waals surface area (Å²) in [5, 5.41) is 3.60. The van der Waals surface area contributed by atoms with Gasteiger partial charge in [-0.15, -0.1) is 0 Å². The minimum Gasteiger partial charge on any atom is -0.255 e.